The van der Waals surface area contributed by atoms with E-state index < -0.39 is 10.1 Å². The normalized spacial score (nSPS) is 11.4. The third-order valence-corrected chi connectivity index (χ3v) is 2.67. The summed E-state index contributed by atoms with van der Waals surface area (Å²) in [5.74, 6) is 0.109. The summed E-state index contributed by atoms with van der Waals surface area (Å²) >= 11 is 5.29. The van der Waals surface area contributed by atoms with Gasteiger partial charge < -0.3 is 5.11 Å². The Hall–Kier alpha value is 0.150. The molecule has 0 heterocycles. The highest BCUT2D eigenvalue weighted by atomic mass is 32.2. The van der Waals surface area contributed by atoms with Gasteiger partial charge in [0.05, 0.1) is 5.75 Å². The molecule has 0 aliphatic carbocycles. The molecule has 2 N–H and O–H groups in total. The van der Waals surface area contributed by atoms with E-state index in [4.69, 9.17) is 9.66 Å². The van der Waals surface area contributed by atoms with Crippen molar-refractivity contribution in [3.63, 3.8) is 0 Å². The van der Waals surface area contributed by atoms with Crippen molar-refractivity contribution >= 4 is 38.5 Å². The Kier molecular flexibility index (Phi) is 4.98. The van der Waals surface area contributed by atoms with Crippen LogP contribution in [0.2, 0.25) is 0 Å². The minimum absolute atomic E-state index is 0.208. The summed E-state index contributed by atoms with van der Waals surface area (Å²) in [5.41, 5.74) is 0. The van der Waals surface area contributed by atoms with Gasteiger partial charge in [-0.05, 0) is 18.6 Å². The molecule has 0 unspecified atom stereocenters. The summed E-state index contributed by atoms with van der Waals surface area (Å²) in [6.45, 7) is 0. The summed E-state index contributed by atoms with van der Waals surface area (Å²) in [7, 11) is -3.86. The van der Waals surface area contributed by atoms with Crippen molar-refractivity contribution in [1.29, 1.82) is 0 Å². The highest BCUT2D eigenvalue weighted by molar-refractivity contribution is 8.22. The van der Waals surface area contributed by atoms with Gasteiger partial charge in [0.2, 0.25) is 4.38 Å². The molecule has 0 saturated heterocycles. The molecule has 0 bridgehead atoms. The van der Waals surface area contributed by atoms with Crippen LogP contribution in [0.4, 0.5) is 0 Å². The molecule has 0 atom stereocenters. The lowest BCUT2D eigenvalue weighted by Gasteiger charge is -1.95. The maximum Gasteiger partial charge on any atom is 0.264 e. The number of hydrogen-bond acceptors (Lipinski definition) is 4. The van der Waals surface area contributed by atoms with Crippen LogP contribution < -0.4 is 0 Å². The SMILES string of the molecule is O=S(=O)(O)CCCSC(O)=S. The monoisotopic (exact) mass is 216 g/mol. The van der Waals surface area contributed by atoms with Crippen molar-refractivity contribution in [3.05, 3.63) is 0 Å². The largest absolute Gasteiger partial charge is 0.494 e. The van der Waals surface area contributed by atoms with Gasteiger partial charge in [0.1, 0.15) is 0 Å². The number of aliphatic hydroxyl groups excluding tert-OH is 1. The Balaban J connectivity index is 3.37. The van der Waals surface area contributed by atoms with Crippen LogP contribution in [0.1, 0.15) is 6.42 Å². The van der Waals surface area contributed by atoms with Gasteiger partial charge in [0.15, 0.2) is 0 Å². The molecule has 0 saturated carbocycles. The van der Waals surface area contributed by atoms with E-state index in [1.165, 1.54) is 0 Å². The summed E-state index contributed by atoms with van der Waals surface area (Å²) in [6.07, 6.45) is 0.282. The topological polar surface area (TPSA) is 74.6 Å². The Bertz CT molecular complexity index is 219. The first-order valence-corrected chi connectivity index (χ1v) is 5.73. The Labute approximate surface area is 74.7 Å². The fourth-order valence-corrected chi connectivity index (χ4v) is 1.81. The van der Waals surface area contributed by atoms with E-state index in [1.807, 2.05) is 0 Å². The van der Waals surface area contributed by atoms with E-state index in [1.54, 1.807) is 0 Å². The number of thioether (sulfide) groups is 1. The zero-order valence-corrected chi connectivity index (χ0v) is 8.01. The molecule has 0 spiro atoms. The molecular formula is C4H8O4S3. The summed E-state index contributed by atoms with van der Waals surface area (Å²) < 4.78 is 28.3. The van der Waals surface area contributed by atoms with Gasteiger partial charge in [-0.25, -0.2) is 0 Å². The predicted octanol–water partition coefficient (Wildman–Crippen LogP) is 0.840. The molecule has 0 fully saturated rings. The second-order valence-electron chi connectivity index (χ2n) is 1.75. The van der Waals surface area contributed by atoms with Crippen LogP contribution in [-0.2, 0) is 10.1 Å². The maximum atomic E-state index is 10.1. The van der Waals surface area contributed by atoms with Crippen LogP contribution in [0.5, 0.6) is 0 Å². The lowest BCUT2D eigenvalue weighted by molar-refractivity contribution is 0.482. The van der Waals surface area contributed by atoms with Crippen molar-refractivity contribution in [2.75, 3.05) is 11.5 Å². The van der Waals surface area contributed by atoms with E-state index in [0.29, 0.717) is 5.75 Å². The molecule has 11 heavy (non-hydrogen) atoms. The third kappa shape index (κ3) is 10.2. The zero-order chi connectivity index (χ0) is 8.91. The minimum Gasteiger partial charge on any atom is -0.494 e. The average Bonchev–Trinajstić information content (AvgIpc) is 1.78. The zero-order valence-electron chi connectivity index (χ0n) is 5.56. The van der Waals surface area contributed by atoms with Gasteiger partial charge in [-0.15, -0.1) is 0 Å². The van der Waals surface area contributed by atoms with Crippen molar-refractivity contribution in [1.82, 2.24) is 0 Å². The molecule has 0 aromatic heterocycles. The van der Waals surface area contributed by atoms with E-state index in [-0.39, 0.29) is 16.6 Å². The van der Waals surface area contributed by atoms with Gasteiger partial charge in [0.25, 0.3) is 10.1 Å². The van der Waals surface area contributed by atoms with E-state index in [2.05, 4.69) is 12.2 Å². The summed E-state index contributed by atoms with van der Waals surface area (Å²) in [6, 6.07) is 0. The number of rotatable bonds is 4. The molecule has 0 aromatic rings. The highest BCUT2D eigenvalue weighted by Gasteiger charge is 2.03. The van der Waals surface area contributed by atoms with Crippen molar-refractivity contribution in [2.45, 2.75) is 6.42 Å². The molecule has 7 heteroatoms. The molecule has 66 valence electrons. The Morgan fingerprint density at radius 2 is 2.09 bits per heavy atom. The van der Waals surface area contributed by atoms with Gasteiger partial charge in [-0.3, -0.25) is 4.55 Å². The summed E-state index contributed by atoms with van der Waals surface area (Å²) in [4.78, 5) is 0. The van der Waals surface area contributed by atoms with Crippen LogP contribution in [0.3, 0.4) is 0 Å². The molecule has 0 aromatic carbocycles. The number of hydrogen-bond donors (Lipinski definition) is 2. The van der Waals surface area contributed by atoms with E-state index in [9.17, 15) is 8.42 Å². The lowest BCUT2D eigenvalue weighted by Crippen LogP contribution is -2.04. The quantitative estimate of drug-likeness (QED) is 0.412. The predicted molar refractivity (Wildman–Crippen MR) is 48.7 cm³/mol. The van der Waals surface area contributed by atoms with E-state index in [0.717, 1.165) is 11.8 Å². The van der Waals surface area contributed by atoms with Crippen LogP contribution in [0, 0.1) is 0 Å². The Morgan fingerprint density at radius 1 is 1.55 bits per heavy atom. The molecule has 0 amide bonds. The van der Waals surface area contributed by atoms with Crippen LogP contribution in [-0.4, -0.2) is 34.0 Å². The maximum absolute atomic E-state index is 10.1. The second kappa shape index (κ2) is 4.91. The fourth-order valence-electron chi connectivity index (χ4n) is 0.401. The van der Waals surface area contributed by atoms with E-state index >= 15 is 0 Å². The smallest absolute Gasteiger partial charge is 0.264 e. The van der Waals surface area contributed by atoms with Crippen molar-refractivity contribution in [2.24, 2.45) is 0 Å². The second-order valence-corrected chi connectivity index (χ2v) is 5.05. The lowest BCUT2D eigenvalue weighted by atomic mass is 10.6. The molecular weight excluding hydrogens is 208 g/mol. The molecule has 0 radical (unpaired) electrons. The van der Waals surface area contributed by atoms with Crippen LogP contribution in [0.15, 0.2) is 0 Å². The van der Waals surface area contributed by atoms with Crippen molar-refractivity contribution < 1.29 is 18.1 Å². The van der Waals surface area contributed by atoms with Crippen LogP contribution >= 0.6 is 24.0 Å². The third-order valence-electron chi connectivity index (χ3n) is 0.772. The number of thiocarbonyl (C=S) groups is 1. The van der Waals surface area contributed by atoms with Gasteiger partial charge in [-0.2, -0.15) is 8.42 Å². The van der Waals surface area contributed by atoms with Crippen LogP contribution in [0.25, 0.3) is 0 Å². The minimum atomic E-state index is -3.86. The summed E-state index contributed by atoms with van der Waals surface area (Å²) in [5, 5.41) is 8.46. The fraction of sp³-hybridized carbons (Fsp3) is 0.750. The van der Waals surface area contributed by atoms with Gasteiger partial charge >= 0.3 is 0 Å². The van der Waals surface area contributed by atoms with Gasteiger partial charge in [-0.1, -0.05) is 11.8 Å². The highest BCUT2D eigenvalue weighted by Crippen LogP contribution is 2.04. The number of aliphatic hydroxyl groups is 1. The Morgan fingerprint density at radius 3 is 2.45 bits per heavy atom. The van der Waals surface area contributed by atoms with Gasteiger partial charge in [0, 0.05) is 5.75 Å². The standard InChI is InChI=1S/C4H8O4S3/c5-4(9)10-2-1-3-11(6,7)8/h1-3H2,(H,5,9)(H,6,7,8). The first-order valence-electron chi connectivity index (χ1n) is 2.73. The molecule has 0 rings (SSSR count). The molecule has 0 aliphatic heterocycles. The molecule has 0 aliphatic rings. The van der Waals surface area contributed by atoms with Crippen molar-refractivity contribution in [3.8, 4) is 0 Å². The molecule has 4 nitrogen and oxygen atoms in total. The first-order chi connectivity index (χ1) is 4.92. The average molecular weight is 216 g/mol. The first kappa shape index (κ1) is 11.2.